The second-order valence-electron chi connectivity index (χ2n) is 10.3. The highest BCUT2D eigenvalue weighted by Crippen LogP contribution is 2.42. The first kappa shape index (κ1) is 22.6. The SMILES string of the molecule is C[C@@H]1CCN(CC2CC3(CCN(C(=O)Cc4ccc(N(C)C)cc4)CC3)CO2)C[C@H]1O. The minimum Gasteiger partial charge on any atom is -0.392 e. The molecule has 3 aliphatic heterocycles. The molecule has 1 aromatic rings. The van der Waals surface area contributed by atoms with E-state index in [4.69, 9.17) is 4.74 Å². The quantitative estimate of drug-likeness (QED) is 0.779. The van der Waals surface area contributed by atoms with E-state index in [2.05, 4.69) is 41.0 Å². The van der Waals surface area contributed by atoms with Gasteiger partial charge in [0, 0.05) is 46.0 Å². The van der Waals surface area contributed by atoms with Crippen LogP contribution in [0, 0.1) is 11.3 Å². The fourth-order valence-corrected chi connectivity index (χ4v) is 5.36. The van der Waals surface area contributed by atoms with Crippen molar-refractivity contribution in [2.75, 3.05) is 58.3 Å². The number of β-amino-alcohol motifs (C(OH)–C–C–N with tert-alkyl or cyclic N) is 1. The van der Waals surface area contributed by atoms with Crippen molar-refractivity contribution < 1.29 is 14.6 Å². The molecule has 1 unspecified atom stereocenters. The van der Waals surface area contributed by atoms with Crippen LogP contribution in [-0.2, 0) is 16.0 Å². The number of nitrogens with zero attached hydrogens (tertiary/aromatic N) is 3. The van der Waals surface area contributed by atoms with Crippen LogP contribution in [0.25, 0.3) is 0 Å². The summed E-state index contributed by atoms with van der Waals surface area (Å²) in [4.78, 5) is 19.3. The Kier molecular flexibility index (Phi) is 6.89. The summed E-state index contributed by atoms with van der Waals surface area (Å²) < 4.78 is 6.20. The fraction of sp³-hybridized carbons (Fsp3) is 0.720. The van der Waals surface area contributed by atoms with E-state index in [1.807, 2.05) is 19.0 Å². The number of ether oxygens (including phenoxy) is 1. The smallest absolute Gasteiger partial charge is 0.226 e. The molecule has 1 aromatic carbocycles. The van der Waals surface area contributed by atoms with E-state index in [9.17, 15) is 9.90 Å². The van der Waals surface area contributed by atoms with Gasteiger partial charge in [0.05, 0.1) is 25.2 Å². The molecule has 0 aromatic heterocycles. The van der Waals surface area contributed by atoms with Crippen LogP contribution in [0.15, 0.2) is 24.3 Å². The standard InChI is InChI=1S/C25H39N3O3/c1-19-8-11-27(17-23(19)29)16-22-15-25(18-31-22)9-12-28(13-10-25)24(30)14-20-4-6-21(7-5-20)26(2)3/h4-7,19,22-23,29H,8-18H2,1-3H3/t19-,22?,23-/m1/s1. The predicted octanol–water partition coefficient (Wildman–Crippen LogP) is 2.40. The van der Waals surface area contributed by atoms with Gasteiger partial charge in [-0.2, -0.15) is 0 Å². The molecule has 3 atom stereocenters. The summed E-state index contributed by atoms with van der Waals surface area (Å²) in [5.74, 6) is 0.638. The molecule has 1 N–H and O–H groups in total. The molecule has 31 heavy (non-hydrogen) atoms. The third-order valence-electron chi connectivity index (χ3n) is 7.74. The number of anilines is 1. The van der Waals surface area contributed by atoms with Crippen molar-refractivity contribution in [3.05, 3.63) is 29.8 Å². The second kappa shape index (κ2) is 9.47. The summed E-state index contributed by atoms with van der Waals surface area (Å²) in [7, 11) is 4.05. The lowest BCUT2D eigenvalue weighted by atomic mass is 9.76. The third kappa shape index (κ3) is 5.41. The van der Waals surface area contributed by atoms with Crippen molar-refractivity contribution in [3.8, 4) is 0 Å². The summed E-state index contributed by atoms with van der Waals surface area (Å²) in [6, 6.07) is 8.27. The number of carbonyl (C=O) groups excluding carboxylic acids is 1. The zero-order valence-corrected chi connectivity index (χ0v) is 19.4. The molecule has 1 amide bonds. The maximum Gasteiger partial charge on any atom is 0.226 e. The Balaban J connectivity index is 1.23. The monoisotopic (exact) mass is 429 g/mol. The van der Waals surface area contributed by atoms with E-state index < -0.39 is 0 Å². The van der Waals surface area contributed by atoms with Crippen molar-refractivity contribution in [2.45, 2.75) is 51.2 Å². The zero-order chi connectivity index (χ0) is 22.0. The molecule has 0 radical (unpaired) electrons. The number of hydrogen-bond donors (Lipinski definition) is 1. The van der Waals surface area contributed by atoms with Crippen molar-refractivity contribution >= 4 is 11.6 Å². The van der Waals surface area contributed by atoms with Gasteiger partial charge >= 0.3 is 0 Å². The number of piperidine rings is 2. The molecule has 3 fully saturated rings. The van der Waals surface area contributed by atoms with Gasteiger partial charge in [-0.25, -0.2) is 0 Å². The van der Waals surface area contributed by atoms with Crippen molar-refractivity contribution in [1.29, 1.82) is 0 Å². The molecule has 6 heteroatoms. The van der Waals surface area contributed by atoms with Crippen molar-refractivity contribution in [3.63, 3.8) is 0 Å². The zero-order valence-electron chi connectivity index (χ0n) is 19.4. The Morgan fingerprint density at radius 3 is 2.55 bits per heavy atom. The lowest BCUT2D eigenvalue weighted by molar-refractivity contribution is -0.132. The molecule has 4 rings (SSSR count). The average molecular weight is 430 g/mol. The van der Waals surface area contributed by atoms with Crippen LogP contribution in [0.4, 0.5) is 5.69 Å². The van der Waals surface area contributed by atoms with Crippen molar-refractivity contribution in [1.82, 2.24) is 9.80 Å². The molecule has 0 bridgehead atoms. The van der Waals surface area contributed by atoms with E-state index >= 15 is 0 Å². The van der Waals surface area contributed by atoms with Gasteiger partial charge in [0.15, 0.2) is 0 Å². The summed E-state index contributed by atoms with van der Waals surface area (Å²) in [6.45, 7) is 7.39. The van der Waals surface area contributed by atoms with Gasteiger partial charge in [-0.05, 0) is 61.3 Å². The summed E-state index contributed by atoms with van der Waals surface area (Å²) in [5.41, 5.74) is 2.47. The van der Waals surface area contributed by atoms with Gasteiger partial charge in [-0.1, -0.05) is 19.1 Å². The molecule has 1 spiro atoms. The molecule has 6 nitrogen and oxygen atoms in total. The first-order valence-corrected chi connectivity index (χ1v) is 11.9. The van der Waals surface area contributed by atoms with Crippen LogP contribution in [0.5, 0.6) is 0 Å². The van der Waals surface area contributed by atoms with E-state index in [1.54, 1.807) is 0 Å². The molecule has 172 valence electrons. The lowest BCUT2D eigenvalue weighted by Crippen LogP contribution is -2.46. The molecule has 3 heterocycles. The third-order valence-corrected chi connectivity index (χ3v) is 7.74. The fourth-order valence-electron chi connectivity index (χ4n) is 5.36. The first-order chi connectivity index (χ1) is 14.8. The Morgan fingerprint density at radius 1 is 1.19 bits per heavy atom. The van der Waals surface area contributed by atoms with Gasteiger partial charge in [0.2, 0.25) is 5.91 Å². The van der Waals surface area contributed by atoms with Gasteiger partial charge in [0.1, 0.15) is 0 Å². The minimum atomic E-state index is -0.211. The van der Waals surface area contributed by atoms with E-state index in [0.717, 1.165) is 76.3 Å². The van der Waals surface area contributed by atoms with E-state index in [0.29, 0.717) is 12.3 Å². The highest BCUT2D eigenvalue weighted by Gasteiger charge is 2.43. The molecule has 3 saturated heterocycles. The molecular formula is C25H39N3O3. The first-order valence-electron chi connectivity index (χ1n) is 11.9. The lowest BCUT2D eigenvalue weighted by Gasteiger charge is -2.39. The van der Waals surface area contributed by atoms with Crippen LogP contribution in [-0.4, -0.2) is 86.4 Å². The number of benzene rings is 1. The number of aliphatic hydroxyl groups is 1. The number of carbonyl (C=O) groups is 1. The number of hydrogen-bond acceptors (Lipinski definition) is 5. The van der Waals surface area contributed by atoms with E-state index in [1.165, 1.54) is 0 Å². The summed E-state index contributed by atoms with van der Waals surface area (Å²) in [5, 5.41) is 10.2. The van der Waals surface area contributed by atoms with Gasteiger partial charge < -0.3 is 19.6 Å². The van der Waals surface area contributed by atoms with Crippen LogP contribution in [0.1, 0.15) is 38.2 Å². The average Bonchev–Trinajstić information content (AvgIpc) is 3.13. The molecule has 0 saturated carbocycles. The Labute approximate surface area is 187 Å². The van der Waals surface area contributed by atoms with Gasteiger partial charge in [-0.3, -0.25) is 9.69 Å². The molecular weight excluding hydrogens is 390 g/mol. The van der Waals surface area contributed by atoms with Crippen LogP contribution in [0.3, 0.4) is 0 Å². The highest BCUT2D eigenvalue weighted by molar-refractivity contribution is 5.79. The number of likely N-dealkylation sites (tertiary alicyclic amines) is 2. The Hall–Kier alpha value is -1.63. The minimum absolute atomic E-state index is 0.211. The second-order valence-corrected chi connectivity index (χ2v) is 10.3. The Bertz CT molecular complexity index is 743. The van der Waals surface area contributed by atoms with Crippen LogP contribution in [0.2, 0.25) is 0 Å². The predicted molar refractivity (Wildman–Crippen MR) is 123 cm³/mol. The van der Waals surface area contributed by atoms with Crippen molar-refractivity contribution in [2.24, 2.45) is 11.3 Å². The van der Waals surface area contributed by atoms with Gasteiger partial charge in [0.25, 0.3) is 0 Å². The summed E-state index contributed by atoms with van der Waals surface area (Å²) in [6.07, 6.45) is 4.76. The topological polar surface area (TPSA) is 56.2 Å². The largest absolute Gasteiger partial charge is 0.392 e. The summed E-state index contributed by atoms with van der Waals surface area (Å²) >= 11 is 0. The van der Waals surface area contributed by atoms with Gasteiger partial charge in [-0.15, -0.1) is 0 Å². The maximum absolute atomic E-state index is 12.8. The highest BCUT2D eigenvalue weighted by atomic mass is 16.5. The molecule has 3 aliphatic rings. The van der Waals surface area contributed by atoms with Crippen LogP contribution >= 0.6 is 0 Å². The Morgan fingerprint density at radius 2 is 1.90 bits per heavy atom. The van der Waals surface area contributed by atoms with Crippen LogP contribution < -0.4 is 4.90 Å². The normalized spacial score (nSPS) is 28.8. The number of amides is 1. The maximum atomic E-state index is 12.8. The van der Waals surface area contributed by atoms with E-state index in [-0.39, 0.29) is 23.5 Å². The number of rotatable bonds is 5. The number of aliphatic hydroxyl groups excluding tert-OH is 1. The molecule has 0 aliphatic carbocycles.